The number of Topliss-reactive ketones (excluding diaryl/α,β-unsaturated/α-hetero) is 1. The van der Waals surface area contributed by atoms with Gasteiger partial charge in [0, 0.05) is 17.2 Å². The van der Waals surface area contributed by atoms with Crippen LogP contribution in [0.2, 0.25) is 0 Å². The van der Waals surface area contributed by atoms with Crippen molar-refractivity contribution in [1.29, 1.82) is 0 Å². The third kappa shape index (κ3) is 3.87. The van der Waals surface area contributed by atoms with Crippen molar-refractivity contribution in [3.05, 3.63) is 29.8 Å². The number of hydrogen-bond donors (Lipinski definition) is 2. The van der Waals surface area contributed by atoms with Gasteiger partial charge in [0.25, 0.3) is 0 Å². The smallest absolute Gasteiger partial charge is 0.229 e. The van der Waals surface area contributed by atoms with Crippen LogP contribution in [0, 0.1) is 5.92 Å². The molecular formula is C15H18N2O2S. The first kappa shape index (κ1) is 14.7. The van der Waals surface area contributed by atoms with Gasteiger partial charge < -0.3 is 10.6 Å². The summed E-state index contributed by atoms with van der Waals surface area (Å²) in [6.45, 7) is 1.52. The summed E-state index contributed by atoms with van der Waals surface area (Å²) in [5.41, 5.74) is 1.41. The molecule has 0 aliphatic heterocycles. The average molecular weight is 290 g/mol. The van der Waals surface area contributed by atoms with E-state index >= 15 is 0 Å². The Bertz CT molecular complexity index is 519. The van der Waals surface area contributed by atoms with Crippen molar-refractivity contribution in [3.8, 4) is 0 Å². The minimum absolute atomic E-state index is 0.000330. The van der Waals surface area contributed by atoms with Gasteiger partial charge in [-0.1, -0.05) is 12.8 Å². The Labute approximate surface area is 123 Å². The van der Waals surface area contributed by atoms with E-state index < -0.39 is 0 Å². The van der Waals surface area contributed by atoms with Gasteiger partial charge in [-0.3, -0.25) is 9.59 Å². The van der Waals surface area contributed by atoms with Crippen LogP contribution in [0.5, 0.6) is 0 Å². The van der Waals surface area contributed by atoms with Crippen LogP contribution >= 0.6 is 12.2 Å². The Balaban J connectivity index is 1.87. The second-order valence-electron chi connectivity index (χ2n) is 5.06. The fraction of sp³-hybridized carbons (Fsp3) is 0.400. The van der Waals surface area contributed by atoms with E-state index in [4.69, 9.17) is 12.2 Å². The molecule has 0 saturated heterocycles. The number of ketones is 1. The molecule has 1 saturated carbocycles. The van der Waals surface area contributed by atoms with E-state index in [-0.39, 0.29) is 17.6 Å². The summed E-state index contributed by atoms with van der Waals surface area (Å²) in [7, 11) is 0. The van der Waals surface area contributed by atoms with E-state index in [0.717, 1.165) is 31.4 Å². The number of carbonyl (C=O) groups is 2. The molecule has 0 radical (unpaired) electrons. The van der Waals surface area contributed by atoms with Gasteiger partial charge in [0.05, 0.1) is 0 Å². The van der Waals surface area contributed by atoms with E-state index in [1.54, 1.807) is 24.3 Å². The molecule has 4 nitrogen and oxygen atoms in total. The third-order valence-corrected chi connectivity index (χ3v) is 3.72. The lowest BCUT2D eigenvalue weighted by Crippen LogP contribution is -2.37. The van der Waals surface area contributed by atoms with Gasteiger partial charge in [0.15, 0.2) is 10.9 Å². The first-order valence-corrected chi connectivity index (χ1v) is 7.20. The number of thiocarbonyl (C=S) groups is 1. The van der Waals surface area contributed by atoms with Gasteiger partial charge in [-0.05, 0) is 56.2 Å². The maximum atomic E-state index is 11.9. The highest BCUT2D eigenvalue weighted by Crippen LogP contribution is 2.24. The van der Waals surface area contributed by atoms with Crippen LogP contribution in [0.1, 0.15) is 43.0 Å². The van der Waals surface area contributed by atoms with Gasteiger partial charge >= 0.3 is 0 Å². The zero-order valence-corrected chi connectivity index (χ0v) is 12.3. The van der Waals surface area contributed by atoms with Crippen molar-refractivity contribution in [2.24, 2.45) is 5.92 Å². The molecule has 106 valence electrons. The number of nitrogens with one attached hydrogen (secondary N) is 2. The summed E-state index contributed by atoms with van der Waals surface area (Å²) < 4.78 is 0. The first-order valence-electron chi connectivity index (χ1n) is 6.79. The fourth-order valence-electron chi connectivity index (χ4n) is 2.35. The lowest BCUT2D eigenvalue weighted by molar-refractivity contribution is -0.123. The molecule has 0 unspecified atom stereocenters. The average Bonchev–Trinajstić information content (AvgIpc) is 2.93. The van der Waals surface area contributed by atoms with Crippen LogP contribution < -0.4 is 10.6 Å². The van der Waals surface area contributed by atoms with E-state index in [2.05, 4.69) is 10.6 Å². The molecule has 0 spiro atoms. The summed E-state index contributed by atoms with van der Waals surface area (Å²) in [6.07, 6.45) is 4.12. The SMILES string of the molecule is CC(=O)c1ccc(NC(=S)NC(=O)C2CCCC2)cc1. The minimum Gasteiger partial charge on any atom is -0.332 e. The molecule has 0 aromatic heterocycles. The molecule has 0 heterocycles. The Morgan fingerprint density at radius 1 is 1.15 bits per heavy atom. The van der Waals surface area contributed by atoms with Crippen molar-refractivity contribution in [2.75, 3.05) is 5.32 Å². The zero-order chi connectivity index (χ0) is 14.5. The molecule has 2 N–H and O–H groups in total. The van der Waals surface area contributed by atoms with Gasteiger partial charge in [-0.15, -0.1) is 0 Å². The summed E-state index contributed by atoms with van der Waals surface area (Å²) in [5, 5.41) is 5.98. The molecule has 20 heavy (non-hydrogen) atoms. The fourth-order valence-corrected chi connectivity index (χ4v) is 2.57. The molecule has 1 aromatic rings. The van der Waals surface area contributed by atoms with Crippen molar-refractivity contribution < 1.29 is 9.59 Å². The molecule has 1 amide bonds. The lowest BCUT2D eigenvalue weighted by atomic mass is 10.1. The van der Waals surface area contributed by atoms with Crippen LogP contribution in [0.25, 0.3) is 0 Å². The molecule has 5 heteroatoms. The summed E-state index contributed by atoms with van der Waals surface area (Å²) in [6, 6.07) is 6.99. The molecular weight excluding hydrogens is 272 g/mol. The van der Waals surface area contributed by atoms with E-state index in [9.17, 15) is 9.59 Å². The quantitative estimate of drug-likeness (QED) is 0.664. The zero-order valence-electron chi connectivity index (χ0n) is 11.4. The van der Waals surface area contributed by atoms with Crippen molar-refractivity contribution in [1.82, 2.24) is 5.32 Å². The predicted molar refractivity (Wildman–Crippen MR) is 82.8 cm³/mol. The topological polar surface area (TPSA) is 58.2 Å². The van der Waals surface area contributed by atoms with Crippen molar-refractivity contribution in [2.45, 2.75) is 32.6 Å². The van der Waals surface area contributed by atoms with E-state index in [1.807, 2.05) is 0 Å². The number of anilines is 1. The standard InChI is InChI=1S/C15H18N2O2S/c1-10(18)11-6-8-13(9-7-11)16-15(20)17-14(19)12-4-2-3-5-12/h6-9,12H,2-5H2,1H3,(H2,16,17,19,20). The highest BCUT2D eigenvalue weighted by atomic mass is 32.1. The van der Waals surface area contributed by atoms with Gasteiger partial charge in [0.1, 0.15) is 0 Å². The second kappa shape index (κ2) is 6.61. The molecule has 1 aliphatic carbocycles. The van der Waals surface area contributed by atoms with Gasteiger partial charge in [-0.25, -0.2) is 0 Å². The summed E-state index contributed by atoms with van der Waals surface area (Å²) >= 11 is 5.12. The largest absolute Gasteiger partial charge is 0.332 e. The third-order valence-electron chi connectivity index (χ3n) is 3.51. The molecule has 0 bridgehead atoms. The van der Waals surface area contributed by atoms with Gasteiger partial charge in [-0.2, -0.15) is 0 Å². The highest BCUT2D eigenvalue weighted by Gasteiger charge is 2.23. The van der Waals surface area contributed by atoms with Gasteiger partial charge in [0.2, 0.25) is 5.91 Å². The number of rotatable bonds is 3. The highest BCUT2D eigenvalue weighted by molar-refractivity contribution is 7.80. The first-order chi connectivity index (χ1) is 9.56. The maximum Gasteiger partial charge on any atom is 0.229 e. The van der Waals surface area contributed by atoms with Crippen LogP contribution in [0.3, 0.4) is 0 Å². The van der Waals surface area contributed by atoms with Crippen molar-refractivity contribution in [3.63, 3.8) is 0 Å². The Morgan fingerprint density at radius 3 is 2.30 bits per heavy atom. The predicted octanol–water partition coefficient (Wildman–Crippen LogP) is 2.89. The maximum absolute atomic E-state index is 11.9. The molecule has 1 aromatic carbocycles. The summed E-state index contributed by atoms with van der Waals surface area (Å²) in [4.78, 5) is 23.1. The minimum atomic E-state index is 0.000330. The summed E-state index contributed by atoms with van der Waals surface area (Å²) in [5.74, 6) is 0.115. The molecule has 2 rings (SSSR count). The van der Waals surface area contributed by atoms with Crippen LogP contribution in [-0.4, -0.2) is 16.8 Å². The number of carbonyl (C=O) groups excluding carboxylic acids is 2. The Morgan fingerprint density at radius 2 is 1.75 bits per heavy atom. The second-order valence-corrected chi connectivity index (χ2v) is 5.47. The van der Waals surface area contributed by atoms with Crippen LogP contribution in [-0.2, 0) is 4.79 Å². The monoisotopic (exact) mass is 290 g/mol. The normalized spacial score (nSPS) is 14.8. The Kier molecular flexibility index (Phi) is 4.84. The van der Waals surface area contributed by atoms with E-state index in [0.29, 0.717) is 10.7 Å². The Hall–Kier alpha value is -1.75. The number of benzene rings is 1. The van der Waals surface area contributed by atoms with Crippen LogP contribution in [0.4, 0.5) is 5.69 Å². The van der Waals surface area contributed by atoms with Crippen molar-refractivity contribution >= 4 is 34.7 Å². The molecule has 1 fully saturated rings. The lowest BCUT2D eigenvalue weighted by Gasteiger charge is -2.12. The molecule has 1 aliphatic rings. The number of hydrogen-bond acceptors (Lipinski definition) is 3. The van der Waals surface area contributed by atoms with Crippen LogP contribution in [0.15, 0.2) is 24.3 Å². The van der Waals surface area contributed by atoms with E-state index in [1.165, 1.54) is 6.92 Å². The molecule has 0 atom stereocenters. The number of amides is 1.